The molecule has 0 aliphatic heterocycles. The highest BCUT2D eigenvalue weighted by molar-refractivity contribution is 6.02. The van der Waals surface area contributed by atoms with Crippen LogP contribution in [-0.2, 0) is 0 Å². The van der Waals surface area contributed by atoms with Crippen molar-refractivity contribution in [2.24, 2.45) is 0 Å². The molecule has 0 fully saturated rings. The molecule has 0 bridgehead atoms. The molecular formula is C53H41N. The SMILES string of the molecule is C=C(/C=C\C(=C/C)N(c1ccc(-c2ccccc2)cc1)c1ccc(-c2ccccc2-c2cccc3ccccc23)c(-c2ccccc2)c1)c1ccccc1. The van der Waals surface area contributed by atoms with Gasteiger partial charge < -0.3 is 4.90 Å². The van der Waals surface area contributed by atoms with Gasteiger partial charge in [-0.3, -0.25) is 0 Å². The molecule has 0 aromatic heterocycles. The summed E-state index contributed by atoms with van der Waals surface area (Å²) in [6, 6.07) is 71.4. The molecule has 0 amide bonds. The van der Waals surface area contributed by atoms with Crippen LogP contribution in [0.5, 0.6) is 0 Å². The van der Waals surface area contributed by atoms with E-state index in [0.29, 0.717) is 0 Å². The average molecular weight is 692 g/mol. The molecule has 0 N–H and O–H groups in total. The molecule has 1 nitrogen and oxygen atoms in total. The Balaban J connectivity index is 1.29. The van der Waals surface area contributed by atoms with Crippen LogP contribution in [-0.4, -0.2) is 0 Å². The van der Waals surface area contributed by atoms with Gasteiger partial charge in [0.1, 0.15) is 0 Å². The minimum absolute atomic E-state index is 0.958. The van der Waals surface area contributed by atoms with E-state index in [0.717, 1.165) is 33.8 Å². The topological polar surface area (TPSA) is 3.24 Å². The van der Waals surface area contributed by atoms with Gasteiger partial charge in [0.25, 0.3) is 0 Å². The van der Waals surface area contributed by atoms with E-state index in [4.69, 9.17) is 0 Å². The van der Waals surface area contributed by atoms with Crippen LogP contribution in [0.25, 0.3) is 60.9 Å². The molecule has 0 radical (unpaired) electrons. The summed E-state index contributed by atoms with van der Waals surface area (Å²) >= 11 is 0. The van der Waals surface area contributed by atoms with Crippen molar-refractivity contribution in [2.45, 2.75) is 6.92 Å². The number of fused-ring (bicyclic) bond motifs is 1. The Morgan fingerprint density at radius 1 is 0.426 bits per heavy atom. The maximum atomic E-state index is 4.40. The van der Waals surface area contributed by atoms with Gasteiger partial charge in [-0.25, -0.2) is 0 Å². The maximum Gasteiger partial charge on any atom is 0.0468 e. The van der Waals surface area contributed by atoms with Crippen molar-refractivity contribution in [2.75, 3.05) is 4.90 Å². The van der Waals surface area contributed by atoms with Crippen LogP contribution in [0.3, 0.4) is 0 Å². The Labute approximate surface area is 319 Å². The van der Waals surface area contributed by atoms with E-state index < -0.39 is 0 Å². The molecule has 0 saturated carbocycles. The van der Waals surface area contributed by atoms with E-state index in [1.165, 1.54) is 49.7 Å². The van der Waals surface area contributed by atoms with Gasteiger partial charge >= 0.3 is 0 Å². The fourth-order valence-electron chi connectivity index (χ4n) is 7.29. The summed E-state index contributed by atoms with van der Waals surface area (Å²) in [6.45, 7) is 6.50. The molecule has 0 atom stereocenters. The number of anilines is 2. The second-order valence-corrected chi connectivity index (χ2v) is 13.4. The van der Waals surface area contributed by atoms with Crippen molar-refractivity contribution in [3.8, 4) is 44.5 Å². The molecule has 258 valence electrons. The third-order valence-corrected chi connectivity index (χ3v) is 10.0. The molecule has 0 saturated heterocycles. The minimum Gasteiger partial charge on any atom is -0.311 e. The highest BCUT2D eigenvalue weighted by atomic mass is 15.1. The maximum absolute atomic E-state index is 4.40. The smallest absolute Gasteiger partial charge is 0.0468 e. The lowest BCUT2D eigenvalue weighted by molar-refractivity contribution is 1.20. The lowest BCUT2D eigenvalue weighted by atomic mass is 9.87. The number of hydrogen-bond donors (Lipinski definition) is 0. The summed E-state index contributed by atoms with van der Waals surface area (Å²) < 4.78 is 0. The zero-order chi connectivity index (χ0) is 36.7. The van der Waals surface area contributed by atoms with Crippen molar-refractivity contribution in [3.05, 3.63) is 236 Å². The third kappa shape index (κ3) is 7.08. The van der Waals surface area contributed by atoms with Crippen LogP contribution in [0.2, 0.25) is 0 Å². The lowest BCUT2D eigenvalue weighted by Gasteiger charge is -2.28. The first-order valence-electron chi connectivity index (χ1n) is 18.5. The van der Waals surface area contributed by atoms with Crippen molar-refractivity contribution in [1.82, 2.24) is 0 Å². The first kappa shape index (κ1) is 34.1. The highest BCUT2D eigenvalue weighted by Gasteiger charge is 2.19. The lowest BCUT2D eigenvalue weighted by Crippen LogP contribution is -2.15. The van der Waals surface area contributed by atoms with Gasteiger partial charge in [0.15, 0.2) is 0 Å². The predicted octanol–water partition coefficient (Wildman–Crippen LogP) is 14.8. The van der Waals surface area contributed by atoms with E-state index in [1.807, 2.05) is 6.07 Å². The number of allylic oxidation sites excluding steroid dienone is 4. The number of nitrogens with zero attached hydrogens (tertiary/aromatic N) is 1. The largest absolute Gasteiger partial charge is 0.311 e. The van der Waals surface area contributed by atoms with E-state index in [9.17, 15) is 0 Å². The van der Waals surface area contributed by atoms with Crippen molar-refractivity contribution < 1.29 is 0 Å². The fourth-order valence-corrected chi connectivity index (χ4v) is 7.29. The molecule has 8 aromatic rings. The fraction of sp³-hybridized carbons (Fsp3) is 0.0189. The molecule has 8 rings (SSSR count). The van der Waals surface area contributed by atoms with Crippen LogP contribution < -0.4 is 4.90 Å². The molecule has 0 unspecified atom stereocenters. The summed E-state index contributed by atoms with van der Waals surface area (Å²) in [4.78, 5) is 2.34. The third-order valence-electron chi connectivity index (χ3n) is 10.0. The van der Waals surface area contributed by atoms with E-state index in [1.54, 1.807) is 0 Å². The van der Waals surface area contributed by atoms with E-state index in [2.05, 4.69) is 231 Å². The Hall–Kier alpha value is -6.96. The Bertz CT molecular complexity index is 2590. The zero-order valence-corrected chi connectivity index (χ0v) is 30.4. The van der Waals surface area contributed by atoms with Crippen LogP contribution in [0, 0.1) is 0 Å². The van der Waals surface area contributed by atoms with E-state index in [-0.39, 0.29) is 0 Å². The molecule has 0 aliphatic rings. The number of hydrogen-bond acceptors (Lipinski definition) is 1. The van der Waals surface area contributed by atoms with Gasteiger partial charge in [-0.15, -0.1) is 0 Å². The standard InChI is InChI=1S/C53H41N/c1-3-45(33-30-39(2)40-18-7-4-8-19-40)54(46-34-31-42(32-35-46)41-20-9-5-10-21-41)47-36-37-52(53(38-47)44-22-11-6-12-23-44)51-28-16-15-27-50(51)49-29-17-25-43-24-13-14-26-48(43)49/h3-38H,2H2,1H3/b33-30-,45-3+. The van der Waals surface area contributed by atoms with Crippen LogP contribution in [0.1, 0.15) is 12.5 Å². The summed E-state index contributed by atoms with van der Waals surface area (Å²) in [5.41, 5.74) is 14.8. The van der Waals surface area contributed by atoms with Gasteiger partial charge in [0.05, 0.1) is 0 Å². The van der Waals surface area contributed by atoms with Crippen LogP contribution in [0.15, 0.2) is 231 Å². The van der Waals surface area contributed by atoms with Gasteiger partial charge in [0.2, 0.25) is 0 Å². The second kappa shape index (κ2) is 15.7. The molecule has 0 spiro atoms. The monoisotopic (exact) mass is 691 g/mol. The molecule has 1 heteroatoms. The van der Waals surface area contributed by atoms with E-state index >= 15 is 0 Å². The summed E-state index contributed by atoms with van der Waals surface area (Å²) in [5, 5.41) is 2.48. The number of rotatable bonds is 10. The summed E-state index contributed by atoms with van der Waals surface area (Å²) in [6.07, 6.45) is 6.46. The van der Waals surface area contributed by atoms with Crippen molar-refractivity contribution in [1.29, 1.82) is 0 Å². The first-order chi connectivity index (χ1) is 26.7. The van der Waals surface area contributed by atoms with Crippen molar-refractivity contribution >= 4 is 27.7 Å². The molecule has 0 heterocycles. The normalized spacial score (nSPS) is 11.5. The Kier molecular flexibility index (Phi) is 9.95. The summed E-state index contributed by atoms with van der Waals surface area (Å²) in [7, 11) is 0. The second-order valence-electron chi connectivity index (χ2n) is 13.4. The van der Waals surface area contributed by atoms with Gasteiger partial charge in [-0.1, -0.05) is 195 Å². The quantitative estimate of drug-likeness (QED) is 0.129. The minimum atomic E-state index is 0.958. The molecular weight excluding hydrogens is 651 g/mol. The highest BCUT2D eigenvalue weighted by Crippen LogP contribution is 2.43. The summed E-state index contributed by atoms with van der Waals surface area (Å²) in [5.74, 6) is 0. The van der Waals surface area contributed by atoms with Crippen molar-refractivity contribution in [3.63, 3.8) is 0 Å². The van der Waals surface area contributed by atoms with Gasteiger partial charge in [-0.2, -0.15) is 0 Å². The Morgan fingerprint density at radius 3 is 1.65 bits per heavy atom. The predicted molar refractivity (Wildman–Crippen MR) is 233 cm³/mol. The Morgan fingerprint density at radius 2 is 0.944 bits per heavy atom. The average Bonchev–Trinajstić information content (AvgIpc) is 3.25. The molecule has 8 aromatic carbocycles. The zero-order valence-electron chi connectivity index (χ0n) is 30.4. The van der Waals surface area contributed by atoms with Gasteiger partial charge in [-0.05, 0) is 104 Å². The molecule has 0 aliphatic carbocycles. The molecule has 54 heavy (non-hydrogen) atoms. The van der Waals surface area contributed by atoms with Crippen LogP contribution >= 0.6 is 0 Å². The van der Waals surface area contributed by atoms with Crippen LogP contribution in [0.4, 0.5) is 11.4 Å². The van der Waals surface area contributed by atoms with Gasteiger partial charge in [0, 0.05) is 17.1 Å². The number of benzene rings is 8. The first-order valence-corrected chi connectivity index (χ1v) is 18.5.